The minimum absolute atomic E-state index is 0.0207. The molecule has 37 heavy (non-hydrogen) atoms. The van der Waals surface area contributed by atoms with Crippen LogP contribution < -0.4 is 19.1 Å². The molecule has 198 valence electrons. The number of methoxy groups -OCH3 is 1. The number of ether oxygens (including phenoxy) is 1. The fourth-order valence-electron chi connectivity index (χ4n) is 3.65. The Morgan fingerprint density at radius 3 is 2.19 bits per heavy atom. The summed E-state index contributed by atoms with van der Waals surface area (Å²) in [5, 5.41) is 2.68. The molecule has 0 radical (unpaired) electrons. The number of hydrogen-bond acceptors (Lipinski definition) is 6. The van der Waals surface area contributed by atoms with Gasteiger partial charge in [0.25, 0.3) is 5.91 Å². The zero-order valence-electron chi connectivity index (χ0n) is 21.3. The number of amides is 1. The van der Waals surface area contributed by atoms with Gasteiger partial charge in [0.05, 0.1) is 36.2 Å². The summed E-state index contributed by atoms with van der Waals surface area (Å²) in [6, 6.07) is 17.5. The Morgan fingerprint density at radius 2 is 1.62 bits per heavy atom. The first-order valence-corrected chi connectivity index (χ1v) is 14.8. The molecule has 0 fully saturated rings. The van der Waals surface area contributed by atoms with Crippen LogP contribution in [0.2, 0.25) is 0 Å². The summed E-state index contributed by atoms with van der Waals surface area (Å²) in [6.45, 7) is 5.48. The molecule has 0 aromatic heterocycles. The summed E-state index contributed by atoms with van der Waals surface area (Å²) >= 11 is 0. The number of carbonyl (C=O) groups excluding carboxylic acids is 1. The predicted octanol–water partition coefficient (Wildman–Crippen LogP) is 3.91. The lowest BCUT2D eigenvalue weighted by molar-refractivity contribution is 0.102. The number of benzene rings is 3. The van der Waals surface area contributed by atoms with E-state index in [1.54, 1.807) is 26.0 Å². The molecule has 0 saturated carbocycles. The van der Waals surface area contributed by atoms with Crippen LogP contribution in [0.3, 0.4) is 0 Å². The molecule has 0 aliphatic carbocycles. The molecule has 3 rings (SSSR count). The van der Waals surface area contributed by atoms with Crippen LogP contribution in [-0.2, 0) is 26.6 Å². The molecular formula is C26H31N3O6S2. The van der Waals surface area contributed by atoms with Crippen LogP contribution in [-0.4, -0.2) is 42.2 Å². The molecule has 3 aromatic carbocycles. The number of anilines is 2. The molecule has 2 N–H and O–H groups in total. The van der Waals surface area contributed by atoms with Crippen molar-refractivity contribution in [1.82, 2.24) is 4.72 Å². The van der Waals surface area contributed by atoms with Crippen LogP contribution in [0.25, 0.3) is 0 Å². The molecule has 1 amide bonds. The minimum atomic E-state index is -3.78. The third kappa shape index (κ3) is 7.09. The first-order chi connectivity index (χ1) is 17.3. The topological polar surface area (TPSA) is 122 Å². The Hall–Kier alpha value is -3.41. The van der Waals surface area contributed by atoms with Crippen LogP contribution >= 0.6 is 0 Å². The van der Waals surface area contributed by atoms with E-state index in [0.29, 0.717) is 5.69 Å². The maximum absolute atomic E-state index is 13.0. The SMILES string of the molecule is COc1ccc(S(=O)(=O)NC(C)C)cc1NC(=O)c1ccc(N(Cc2ccccc2C)S(C)(=O)=O)cc1. The lowest BCUT2D eigenvalue weighted by Crippen LogP contribution is -2.30. The molecule has 3 aromatic rings. The predicted molar refractivity (Wildman–Crippen MR) is 145 cm³/mol. The average Bonchev–Trinajstić information content (AvgIpc) is 2.82. The Balaban J connectivity index is 1.86. The van der Waals surface area contributed by atoms with Gasteiger partial charge in [-0.3, -0.25) is 9.10 Å². The van der Waals surface area contributed by atoms with Gasteiger partial charge in [-0.2, -0.15) is 0 Å². The normalized spacial score (nSPS) is 11.8. The first kappa shape index (κ1) is 28.2. The van der Waals surface area contributed by atoms with E-state index < -0.39 is 26.0 Å². The van der Waals surface area contributed by atoms with Crippen molar-refractivity contribution in [2.45, 2.75) is 38.3 Å². The average molecular weight is 546 g/mol. The molecule has 0 bridgehead atoms. The number of carbonyl (C=O) groups is 1. The minimum Gasteiger partial charge on any atom is -0.495 e. The van der Waals surface area contributed by atoms with E-state index in [4.69, 9.17) is 4.74 Å². The van der Waals surface area contributed by atoms with Crippen LogP contribution in [0.15, 0.2) is 71.6 Å². The third-order valence-corrected chi connectivity index (χ3v) is 8.31. The molecule has 0 aliphatic heterocycles. The van der Waals surface area contributed by atoms with Crippen LogP contribution in [0.1, 0.15) is 35.3 Å². The monoisotopic (exact) mass is 545 g/mol. The van der Waals surface area contributed by atoms with E-state index in [1.807, 2.05) is 31.2 Å². The Morgan fingerprint density at radius 1 is 0.973 bits per heavy atom. The van der Waals surface area contributed by atoms with Crippen molar-refractivity contribution in [3.63, 3.8) is 0 Å². The fourth-order valence-corrected chi connectivity index (χ4v) is 5.80. The highest BCUT2D eigenvalue weighted by atomic mass is 32.2. The summed E-state index contributed by atoms with van der Waals surface area (Å²) in [6.07, 6.45) is 1.13. The molecule has 9 nitrogen and oxygen atoms in total. The molecule has 11 heteroatoms. The highest BCUT2D eigenvalue weighted by Crippen LogP contribution is 2.29. The van der Waals surface area contributed by atoms with Gasteiger partial charge >= 0.3 is 0 Å². The zero-order valence-corrected chi connectivity index (χ0v) is 23.0. The zero-order chi connectivity index (χ0) is 27.4. The molecule has 0 aliphatic rings. The van der Waals surface area contributed by atoms with Crippen molar-refractivity contribution in [1.29, 1.82) is 0 Å². The second kappa shape index (κ2) is 11.3. The van der Waals surface area contributed by atoms with Gasteiger partial charge in [0.2, 0.25) is 20.0 Å². The van der Waals surface area contributed by atoms with Crippen molar-refractivity contribution in [2.75, 3.05) is 23.0 Å². The number of hydrogen-bond donors (Lipinski definition) is 2. The Kier molecular flexibility index (Phi) is 8.62. The molecule has 0 spiro atoms. The summed E-state index contributed by atoms with van der Waals surface area (Å²) in [5.74, 6) is -0.226. The van der Waals surface area contributed by atoms with E-state index in [2.05, 4.69) is 10.0 Å². The van der Waals surface area contributed by atoms with E-state index in [-0.39, 0.29) is 34.5 Å². The largest absolute Gasteiger partial charge is 0.495 e. The van der Waals surface area contributed by atoms with Gasteiger partial charge in [0, 0.05) is 11.6 Å². The molecule has 0 unspecified atom stereocenters. The van der Waals surface area contributed by atoms with Crippen LogP contribution in [0.4, 0.5) is 11.4 Å². The molecular weight excluding hydrogens is 514 g/mol. The lowest BCUT2D eigenvalue weighted by Gasteiger charge is -2.23. The van der Waals surface area contributed by atoms with E-state index in [0.717, 1.165) is 17.4 Å². The number of sulfonamides is 2. The van der Waals surface area contributed by atoms with Gasteiger partial charge in [-0.1, -0.05) is 24.3 Å². The third-order valence-electron chi connectivity index (χ3n) is 5.51. The number of rotatable bonds is 10. The maximum atomic E-state index is 13.0. The summed E-state index contributed by atoms with van der Waals surface area (Å²) in [7, 11) is -5.97. The number of nitrogens with zero attached hydrogens (tertiary/aromatic N) is 1. The van der Waals surface area contributed by atoms with E-state index in [1.165, 1.54) is 41.7 Å². The second-order valence-electron chi connectivity index (χ2n) is 8.84. The molecule has 0 heterocycles. The lowest BCUT2D eigenvalue weighted by atomic mass is 10.1. The van der Waals surface area contributed by atoms with Crippen LogP contribution in [0.5, 0.6) is 5.75 Å². The summed E-state index contributed by atoms with van der Waals surface area (Å²) in [5.41, 5.74) is 2.68. The van der Waals surface area contributed by atoms with Crippen molar-refractivity contribution >= 4 is 37.3 Å². The standard InChI is InChI=1S/C26H31N3O6S2/c1-18(2)28-37(33,34)23-14-15-25(35-4)24(16-23)27-26(30)20-10-12-22(13-11-20)29(36(5,31)32)17-21-9-7-6-8-19(21)3/h6-16,18,28H,17H2,1-5H3,(H,27,30). The van der Waals surface area contributed by atoms with E-state index in [9.17, 15) is 21.6 Å². The van der Waals surface area contributed by atoms with Gasteiger partial charge in [0.15, 0.2) is 0 Å². The van der Waals surface area contributed by atoms with Gasteiger partial charge < -0.3 is 10.1 Å². The van der Waals surface area contributed by atoms with Gasteiger partial charge in [-0.15, -0.1) is 0 Å². The van der Waals surface area contributed by atoms with Crippen LogP contribution in [0, 0.1) is 6.92 Å². The van der Waals surface area contributed by atoms with Gasteiger partial charge in [-0.25, -0.2) is 21.6 Å². The Labute approximate surface area is 218 Å². The maximum Gasteiger partial charge on any atom is 0.255 e. The van der Waals surface area contributed by atoms with E-state index >= 15 is 0 Å². The molecule has 0 saturated heterocycles. The summed E-state index contributed by atoms with van der Waals surface area (Å²) < 4.78 is 59.3. The smallest absolute Gasteiger partial charge is 0.255 e. The number of aryl methyl sites for hydroxylation is 1. The highest BCUT2D eigenvalue weighted by Gasteiger charge is 2.21. The van der Waals surface area contributed by atoms with Gasteiger partial charge in [-0.05, 0) is 74.4 Å². The van der Waals surface area contributed by atoms with Crippen molar-refractivity contribution in [3.05, 3.63) is 83.4 Å². The highest BCUT2D eigenvalue weighted by molar-refractivity contribution is 7.92. The van der Waals surface area contributed by atoms with Gasteiger partial charge in [0.1, 0.15) is 5.75 Å². The van der Waals surface area contributed by atoms with Crippen molar-refractivity contribution < 1.29 is 26.4 Å². The number of nitrogens with one attached hydrogen (secondary N) is 2. The van der Waals surface area contributed by atoms with Crippen molar-refractivity contribution in [3.8, 4) is 5.75 Å². The second-order valence-corrected chi connectivity index (χ2v) is 12.5. The Bertz CT molecular complexity index is 1480. The quantitative estimate of drug-likeness (QED) is 0.398. The fraction of sp³-hybridized carbons (Fsp3) is 0.269. The molecule has 0 atom stereocenters. The first-order valence-electron chi connectivity index (χ1n) is 11.5. The van der Waals surface area contributed by atoms with Crippen molar-refractivity contribution in [2.24, 2.45) is 0 Å². The summed E-state index contributed by atoms with van der Waals surface area (Å²) in [4.78, 5) is 13.0.